The fourth-order valence-electron chi connectivity index (χ4n) is 0.597. The van der Waals surface area contributed by atoms with Crippen LogP contribution in [0.4, 0.5) is 0 Å². The van der Waals surface area contributed by atoms with E-state index in [0.717, 1.165) is 11.3 Å². The van der Waals surface area contributed by atoms with E-state index in [1.54, 1.807) is 0 Å². The molecule has 0 unspecified atom stereocenters. The maximum absolute atomic E-state index is 10.4. The van der Waals surface area contributed by atoms with Crippen LogP contribution >= 0.6 is 22.9 Å². The molecule has 0 saturated carbocycles. The Balaban J connectivity index is 3.05. The third kappa shape index (κ3) is 1.64. The van der Waals surface area contributed by atoms with Gasteiger partial charge in [-0.2, -0.15) is 0 Å². The molecule has 0 radical (unpaired) electrons. The van der Waals surface area contributed by atoms with Crippen LogP contribution in [0.1, 0.15) is 9.67 Å². The second-order valence-corrected chi connectivity index (χ2v) is 3.18. The molecule has 0 aliphatic rings. The Bertz CT molecular complexity index is 281. The number of methoxy groups -OCH3 is 1. The van der Waals surface area contributed by atoms with E-state index in [0.29, 0.717) is 10.1 Å². The van der Waals surface area contributed by atoms with Crippen molar-refractivity contribution in [1.29, 1.82) is 0 Å². The molecule has 0 atom stereocenters. The third-order valence-electron chi connectivity index (χ3n) is 1.05. The Hall–Kier alpha value is -0.740. The van der Waals surface area contributed by atoms with Gasteiger partial charge < -0.3 is 9.84 Å². The number of carboxylic acid groups (broad SMARTS) is 1. The molecule has 1 heterocycles. The van der Waals surface area contributed by atoms with Crippen molar-refractivity contribution < 1.29 is 14.6 Å². The first-order valence-electron chi connectivity index (χ1n) is 2.71. The van der Waals surface area contributed by atoms with Gasteiger partial charge in [0.25, 0.3) is 0 Å². The number of hydrogen-bond donors (Lipinski definition) is 1. The smallest absolute Gasteiger partial charge is 0.346 e. The third-order valence-corrected chi connectivity index (χ3v) is 2.53. The summed E-state index contributed by atoms with van der Waals surface area (Å²) in [6, 6.07) is 1.37. The Kier molecular flexibility index (Phi) is 2.36. The fourth-order valence-corrected chi connectivity index (χ4v) is 1.67. The standard InChI is InChI=1S/C6H5ClO3S/c1-10-6-3(7)2-4(11-6)5(8)9/h2H,1H3,(H,8,9). The quantitative estimate of drug-likeness (QED) is 0.781. The topological polar surface area (TPSA) is 46.5 Å². The molecule has 1 N–H and O–H groups in total. The average Bonchev–Trinajstić information content (AvgIpc) is 2.31. The highest BCUT2D eigenvalue weighted by Gasteiger charge is 2.11. The number of rotatable bonds is 2. The number of aromatic carboxylic acids is 1. The summed E-state index contributed by atoms with van der Waals surface area (Å²) in [4.78, 5) is 10.6. The average molecular weight is 193 g/mol. The number of carboxylic acids is 1. The molecule has 0 aromatic carbocycles. The number of ether oxygens (including phenoxy) is 1. The first-order valence-corrected chi connectivity index (χ1v) is 3.91. The summed E-state index contributed by atoms with van der Waals surface area (Å²) in [5.41, 5.74) is 0. The van der Waals surface area contributed by atoms with Gasteiger partial charge in [-0.25, -0.2) is 4.79 Å². The van der Waals surface area contributed by atoms with Crippen LogP contribution in [-0.2, 0) is 0 Å². The zero-order valence-corrected chi connectivity index (χ0v) is 7.20. The normalized spacial score (nSPS) is 9.64. The Morgan fingerprint density at radius 1 is 1.82 bits per heavy atom. The lowest BCUT2D eigenvalue weighted by Gasteiger charge is -1.90. The Morgan fingerprint density at radius 2 is 2.45 bits per heavy atom. The van der Waals surface area contributed by atoms with Gasteiger partial charge in [0.15, 0.2) is 5.06 Å². The van der Waals surface area contributed by atoms with Gasteiger partial charge in [-0.1, -0.05) is 22.9 Å². The molecule has 0 saturated heterocycles. The van der Waals surface area contributed by atoms with Gasteiger partial charge in [0.1, 0.15) is 4.88 Å². The molecular weight excluding hydrogens is 188 g/mol. The zero-order chi connectivity index (χ0) is 8.43. The molecule has 60 valence electrons. The Morgan fingerprint density at radius 3 is 2.73 bits per heavy atom. The van der Waals surface area contributed by atoms with Gasteiger partial charge in [-0.15, -0.1) is 0 Å². The summed E-state index contributed by atoms with van der Waals surface area (Å²) >= 11 is 6.63. The zero-order valence-electron chi connectivity index (χ0n) is 5.63. The van der Waals surface area contributed by atoms with Crippen LogP contribution in [-0.4, -0.2) is 18.2 Å². The van der Waals surface area contributed by atoms with E-state index < -0.39 is 5.97 Å². The summed E-state index contributed by atoms with van der Waals surface area (Å²) in [5, 5.41) is 9.29. The molecule has 0 bridgehead atoms. The van der Waals surface area contributed by atoms with E-state index in [1.165, 1.54) is 13.2 Å². The van der Waals surface area contributed by atoms with Crippen LogP contribution in [0.2, 0.25) is 5.02 Å². The minimum atomic E-state index is -0.986. The van der Waals surface area contributed by atoms with E-state index >= 15 is 0 Å². The van der Waals surface area contributed by atoms with Crippen LogP contribution in [0.5, 0.6) is 5.06 Å². The number of hydrogen-bond acceptors (Lipinski definition) is 3. The molecule has 5 heteroatoms. The van der Waals surface area contributed by atoms with E-state index in [4.69, 9.17) is 21.4 Å². The molecule has 0 aliphatic carbocycles. The van der Waals surface area contributed by atoms with Gasteiger partial charge in [0, 0.05) is 0 Å². The summed E-state index contributed by atoms with van der Waals surface area (Å²) in [6.07, 6.45) is 0. The number of thiophene rings is 1. The highest BCUT2D eigenvalue weighted by Crippen LogP contribution is 2.33. The van der Waals surface area contributed by atoms with Crippen molar-refractivity contribution in [2.24, 2.45) is 0 Å². The molecule has 0 amide bonds. The molecule has 0 fully saturated rings. The van der Waals surface area contributed by atoms with E-state index in [9.17, 15) is 4.79 Å². The van der Waals surface area contributed by atoms with Crippen LogP contribution in [0, 0.1) is 0 Å². The maximum Gasteiger partial charge on any atom is 0.346 e. The lowest BCUT2D eigenvalue weighted by atomic mass is 10.5. The van der Waals surface area contributed by atoms with Crippen molar-refractivity contribution in [3.8, 4) is 5.06 Å². The minimum absolute atomic E-state index is 0.187. The van der Waals surface area contributed by atoms with Crippen LogP contribution < -0.4 is 4.74 Å². The maximum atomic E-state index is 10.4. The molecule has 3 nitrogen and oxygen atoms in total. The van der Waals surface area contributed by atoms with Crippen molar-refractivity contribution >= 4 is 28.9 Å². The SMILES string of the molecule is COc1sc(C(=O)O)cc1Cl. The predicted molar refractivity (Wildman–Crippen MR) is 42.8 cm³/mol. The predicted octanol–water partition coefficient (Wildman–Crippen LogP) is 2.11. The van der Waals surface area contributed by atoms with E-state index in [1.807, 2.05) is 0 Å². The molecular formula is C6H5ClO3S. The fraction of sp³-hybridized carbons (Fsp3) is 0.167. The Labute approximate surface area is 72.2 Å². The summed E-state index contributed by atoms with van der Waals surface area (Å²) in [5.74, 6) is -0.986. The molecule has 0 aliphatic heterocycles. The highest BCUT2D eigenvalue weighted by molar-refractivity contribution is 7.16. The largest absolute Gasteiger partial charge is 0.486 e. The lowest BCUT2D eigenvalue weighted by molar-refractivity contribution is 0.0702. The van der Waals surface area contributed by atoms with Crippen LogP contribution in [0.25, 0.3) is 0 Å². The van der Waals surface area contributed by atoms with Gasteiger partial charge in [-0.05, 0) is 6.07 Å². The van der Waals surface area contributed by atoms with Crippen molar-refractivity contribution in [2.45, 2.75) is 0 Å². The monoisotopic (exact) mass is 192 g/mol. The number of halogens is 1. The summed E-state index contributed by atoms with van der Waals surface area (Å²) in [7, 11) is 1.45. The van der Waals surface area contributed by atoms with Gasteiger partial charge in [0.05, 0.1) is 12.1 Å². The summed E-state index contributed by atoms with van der Waals surface area (Å²) in [6.45, 7) is 0. The van der Waals surface area contributed by atoms with E-state index in [2.05, 4.69) is 0 Å². The first kappa shape index (κ1) is 8.36. The van der Waals surface area contributed by atoms with Crippen LogP contribution in [0.3, 0.4) is 0 Å². The molecule has 0 spiro atoms. The first-order chi connectivity index (χ1) is 5.15. The molecule has 1 rings (SSSR count). The second-order valence-electron chi connectivity index (χ2n) is 1.76. The van der Waals surface area contributed by atoms with Crippen LogP contribution in [0.15, 0.2) is 6.07 Å². The number of carbonyl (C=O) groups is 1. The summed E-state index contributed by atoms with van der Waals surface area (Å²) < 4.78 is 4.80. The lowest BCUT2D eigenvalue weighted by Crippen LogP contribution is -1.89. The van der Waals surface area contributed by atoms with Gasteiger partial charge in [-0.3, -0.25) is 0 Å². The van der Waals surface area contributed by atoms with Crippen molar-refractivity contribution in [3.63, 3.8) is 0 Å². The van der Waals surface area contributed by atoms with Crippen molar-refractivity contribution in [2.75, 3.05) is 7.11 Å². The van der Waals surface area contributed by atoms with Crippen molar-refractivity contribution in [1.82, 2.24) is 0 Å². The molecule has 11 heavy (non-hydrogen) atoms. The van der Waals surface area contributed by atoms with Gasteiger partial charge >= 0.3 is 5.97 Å². The second kappa shape index (κ2) is 3.11. The van der Waals surface area contributed by atoms with Crippen molar-refractivity contribution in [3.05, 3.63) is 16.0 Å². The molecule has 1 aromatic rings. The molecule has 1 aromatic heterocycles. The highest BCUT2D eigenvalue weighted by atomic mass is 35.5. The van der Waals surface area contributed by atoms with Gasteiger partial charge in [0.2, 0.25) is 0 Å². The van der Waals surface area contributed by atoms with E-state index in [-0.39, 0.29) is 4.88 Å². The minimum Gasteiger partial charge on any atom is -0.486 e.